The van der Waals surface area contributed by atoms with Crippen molar-refractivity contribution in [1.82, 2.24) is 15.1 Å². The average Bonchev–Trinajstić information content (AvgIpc) is 3.29. The molecule has 10 heteroatoms. The number of benzene rings is 2. The molecule has 2 heterocycles. The minimum absolute atomic E-state index is 0.122. The van der Waals surface area contributed by atoms with Gasteiger partial charge in [0.05, 0.1) is 36.6 Å². The lowest BCUT2D eigenvalue weighted by atomic mass is 9.87. The van der Waals surface area contributed by atoms with Gasteiger partial charge in [0.25, 0.3) is 0 Å². The van der Waals surface area contributed by atoms with E-state index in [2.05, 4.69) is 26.1 Å². The first-order valence-electron chi connectivity index (χ1n) is 13.3. The second-order valence-corrected chi connectivity index (χ2v) is 11.6. The number of hydrogen-bond donors (Lipinski definition) is 1. The van der Waals surface area contributed by atoms with E-state index < -0.39 is 0 Å². The van der Waals surface area contributed by atoms with Crippen molar-refractivity contribution >= 4 is 29.4 Å². The number of thioether (sulfide) groups is 1. The van der Waals surface area contributed by atoms with Crippen molar-refractivity contribution in [2.24, 2.45) is 0 Å². The molecule has 1 aliphatic heterocycles. The summed E-state index contributed by atoms with van der Waals surface area (Å²) in [5.74, 6) is 1.83. The molecule has 3 aromatic rings. The van der Waals surface area contributed by atoms with Crippen LogP contribution in [0.5, 0.6) is 11.5 Å². The van der Waals surface area contributed by atoms with Crippen LogP contribution in [0.15, 0.2) is 48.5 Å². The van der Waals surface area contributed by atoms with E-state index >= 15 is 0 Å². The van der Waals surface area contributed by atoms with E-state index in [1.807, 2.05) is 48.5 Å². The summed E-state index contributed by atoms with van der Waals surface area (Å²) in [4.78, 5) is 28.5. The van der Waals surface area contributed by atoms with Crippen molar-refractivity contribution in [3.05, 3.63) is 65.4 Å². The van der Waals surface area contributed by atoms with E-state index in [-0.39, 0.29) is 34.8 Å². The number of nitrogens with one attached hydrogen (secondary N) is 1. The predicted octanol–water partition coefficient (Wildman–Crippen LogP) is 4.51. The zero-order valence-electron chi connectivity index (χ0n) is 24.0. The number of aromatic nitrogens is 2. The van der Waals surface area contributed by atoms with Crippen molar-refractivity contribution in [1.29, 1.82) is 0 Å². The van der Waals surface area contributed by atoms with Gasteiger partial charge in [-0.3, -0.25) is 14.5 Å². The first kappa shape index (κ1) is 29.5. The number of ether oxygens (including phenoxy) is 3. The third-order valence-corrected chi connectivity index (χ3v) is 7.92. The zero-order valence-corrected chi connectivity index (χ0v) is 24.8. The normalized spacial score (nSPS) is 15.4. The van der Waals surface area contributed by atoms with E-state index in [0.29, 0.717) is 31.1 Å². The maximum Gasteiger partial charge on any atom is 0.240 e. The molecule has 0 unspecified atom stereocenters. The van der Waals surface area contributed by atoms with Crippen LogP contribution in [0.2, 0.25) is 0 Å². The molecule has 0 aliphatic carbocycles. The second-order valence-electron chi connectivity index (χ2n) is 10.6. The molecule has 0 saturated carbocycles. The number of methoxy groups -OCH3 is 3. The molecule has 214 valence electrons. The maximum atomic E-state index is 13.8. The Morgan fingerprint density at radius 3 is 2.45 bits per heavy atom. The van der Waals surface area contributed by atoms with E-state index in [9.17, 15) is 9.59 Å². The Bertz CT molecular complexity index is 1330. The van der Waals surface area contributed by atoms with Crippen molar-refractivity contribution in [2.45, 2.75) is 37.9 Å². The fourth-order valence-corrected chi connectivity index (χ4v) is 5.97. The lowest BCUT2D eigenvalue weighted by molar-refractivity contribution is -0.122. The lowest BCUT2D eigenvalue weighted by Crippen LogP contribution is -2.42. The van der Waals surface area contributed by atoms with Crippen LogP contribution in [0.4, 0.5) is 5.82 Å². The summed E-state index contributed by atoms with van der Waals surface area (Å²) < 4.78 is 18.0. The van der Waals surface area contributed by atoms with E-state index in [1.54, 1.807) is 30.9 Å². The van der Waals surface area contributed by atoms with Crippen LogP contribution in [0.1, 0.15) is 49.3 Å². The number of rotatable bonds is 10. The minimum atomic E-state index is -0.357. The molecule has 0 spiro atoms. The minimum Gasteiger partial charge on any atom is -0.497 e. The van der Waals surface area contributed by atoms with Gasteiger partial charge in [0.1, 0.15) is 23.9 Å². The van der Waals surface area contributed by atoms with Crippen LogP contribution in [-0.2, 0) is 19.7 Å². The summed E-state index contributed by atoms with van der Waals surface area (Å²) >= 11 is 1.52. The SMILES string of the molecule is COCCCNC(=O)CN1C(=O)CS[C@@H](c2ccccc2OC)c2c(C(C)(C)C)nn(-c3ccc(OC)cc3)c21. The number of amides is 2. The molecule has 4 rings (SSSR count). The third-order valence-electron chi connectivity index (χ3n) is 6.69. The van der Waals surface area contributed by atoms with Gasteiger partial charge in [0, 0.05) is 36.8 Å². The van der Waals surface area contributed by atoms with Crippen LogP contribution in [0.3, 0.4) is 0 Å². The monoisotopic (exact) mass is 566 g/mol. The molecular formula is C30H38N4O5S. The van der Waals surface area contributed by atoms with Crippen molar-refractivity contribution < 1.29 is 23.8 Å². The lowest BCUT2D eigenvalue weighted by Gasteiger charge is -2.25. The van der Waals surface area contributed by atoms with Crippen LogP contribution in [0.25, 0.3) is 5.69 Å². The van der Waals surface area contributed by atoms with E-state index in [1.165, 1.54) is 11.8 Å². The first-order chi connectivity index (χ1) is 19.2. The van der Waals surface area contributed by atoms with Crippen molar-refractivity contribution in [2.75, 3.05) is 51.7 Å². The van der Waals surface area contributed by atoms with E-state index in [0.717, 1.165) is 28.3 Å². The Balaban J connectivity index is 1.93. The van der Waals surface area contributed by atoms with Gasteiger partial charge in [-0.1, -0.05) is 39.0 Å². The maximum absolute atomic E-state index is 13.8. The molecule has 1 aromatic heterocycles. The number of carbonyl (C=O) groups excluding carboxylic acids is 2. The molecule has 2 amide bonds. The molecule has 0 fully saturated rings. The highest BCUT2D eigenvalue weighted by atomic mass is 32.2. The highest BCUT2D eigenvalue weighted by Crippen LogP contribution is 2.50. The molecule has 40 heavy (non-hydrogen) atoms. The number of fused-ring (bicyclic) bond motifs is 1. The Kier molecular flexibility index (Phi) is 9.42. The Labute approximate surface area is 240 Å². The molecule has 1 N–H and O–H groups in total. The fourth-order valence-electron chi connectivity index (χ4n) is 4.75. The summed E-state index contributed by atoms with van der Waals surface area (Å²) in [7, 11) is 4.90. The fraction of sp³-hybridized carbons (Fsp3) is 0.433. The molecule has 1 aliphatic rings. The summed E-state index contributed by atoms with van der Waals surface area (Å²) in [5, 5.41) is 7.80. The largest absolute Gasteiger partial charge is 0.497 e. The molecule has 0 bridgehead atoms. The molecule has 2 aromatic carbocycles. The smallest absolute Gasteiger partial charge is 0.240 e. The summed E-state index contributed by atoms with van der Waals surface area (Å²) in [5.41, 5.74) is 3.10. The number of carbonyl (C=O) groups is 2. The van der Waals surface area contributed by atoms with Gasteiger partial charge >= 0.3 is 0 Å². The first-order valence-corrected chi connectivity index (χ1v) is 14.3. The van der Waals surface area contributed by atoms with Gasteiger partial charge in [-0.25, -0.2) is 4.68 Å². The number of anilines is 1. The molecular weight excluding hydrogens is 528 g/mol. The quantitative estimate of drug-likeness (QED) is 0.361. The van der Waals surface area contributed by atoms with Gasteiger partial charge < -0.3 is 19.5 Å². The second kappa shape index (κ2) is 12.8. The standard InChI is InChI=1S/C30H38N4O5S/c1-30(2,3)28-26-27(22-10-7-8-11-23(22)39-6)40-19-25(36)33(18-24(35)31-16-9-17-37-4)29(26)34(32-28)20-12-14-21(38-5)15-13-20/h7-8,10-15,27H,9,16-19H2,1-6H3,(H,31,35)/t27-/m0/s1. The average molecular weight is 567 g/mol. The van der Waals surface area contributed by atoms with Crippen molar-refractivity contribution in [3.63, 3.8) is 0 Å². The third kappa shape index (κ3) is 6.28. The Hall–Kier alpha value is -3.50. The number of para-hydroxylation sites is 1. The summed E-state index contributed by atoms with van der Waals surface area (Å²) in [6, 6.07) is 15.4. The molecule has 0 saturated heterocycles. The highest BCUT2D eigenvalue weighted by molar-refractivity contribution is 8.00. The predicted molar refractivity (Wildman–Crippen MR) is 158 cm³/mol. The van der Waals surface area contributed by atoms with Gasteiger partial charge in [0.2, 0.25) is 11.8 Å². The van der Waals surface area contributed by atoms with Crippen LogP contribution < -0.4 is 19.7 Å². The molecule has 9 nitrogen and oxygen atoms in total. The van der Waals surface area contributed by atoms with Crippen LogP contribution >= 0.6 is 11.8 Å². The summed E-state index contributed by atoms with van der Waals surface area (Å²) in [6.45, 7) is 7.21. The van der Waals surface area contributed by atoms with E-state index in [4.69, 9.17) is 19.3 Å². The van der Waals surface area contributed by atoms with Crippen LogP contribution in [-0.4, -0.2) is 68.4 Å². The molecule has 0 radical (unpaired) electrons. The van der Waals surface area contributed by atoms with Gasteiger partial charge in [-0.2, -0.15) is 5.10 Å². The van der Waals surface area contributed by atoms with Gasteiger partial charge in [-0.05, 0) is 36.8 Å². The zero-order chi connectivity index (χ0) is 28.9. The topological polar surface area (TPSA) is 94.9 Å². The summed E-state index contributed by atoms with van der Waals surface area (Å²) in [6.07, 6.45) is 0.686. The highest BCUT2D eigenvalue weighted by Gasteiger charge is 2.40. The molecule has 1 atom stereocenters. The Morgan fingerprint density at radius 1 is 1.07 bits per heavy atom. The van der Waals surface area contributed by atoms with Gasteiger partial charge in [0.15, 0.2) is 0 Å². The van der Waals surface area contributed by atoms with Crippen LogP contribution in [0, 0.1) is 0 Å². The number of hydrogen-bond acceptors (Lipinski definition) is 7. The Morgan fingerprint density at radius 2 is 1.80 bits per heavy atom. The van der Waals surface area contributed by atoms with Crippen molar-refractivity contribution in [3.8, 4) is 17.2 Å². The van der Waals surface area contributed by atoms with Gasteiger partial charge in [-0.15, -0.1) is 11.8 Å². The number of nitrogens with zero attached hydrogens (tertiary/aromatic N) is 3.